The number of nitrogens with zero attached hydrogens (tertiary/aromatic N) is 2. The standard InChI is InChI=1S/C14H14BrCl2N3O/c1-3-7(2)9-6-12(19-20-14(9)17)21-13-10(15)4-8(18)5-11(13)16/h4-7H,3,18H2,1-2H3. The molecule has 0 saturated heterocycles. The molecule has 0 spiro atoms. The van der Waals surface area contributed by atoms with Crippen molar-refractivity contribution >= 4 is 44.8 Å². The summed E-state index contributed by atoms with van der Waals surface area (Å²) < 4.78 is 6.37. The molecule has 0 amide bonds. The zero-order valence-corrected chi connectivity index (χ0v) is 14.6. The van der Waals surface area contributed by atoms with Gasteiger partial charge in [0.15, 0.2) is 10.9 Å². The normalized spacial score (nSPS) is 12.2. The smallest absolute Gasteiger partial charge is 0.239 e. The summed E-state index contributed by atoms with van der Waals surface area (Å²) >= 11 is 15.6. The van der Waals surface area contributed by atoms with E-state index in [9.17, 15) is 0 Å². The second kappa shape index (κ2) is 6.81. The Morgan fingerprint density at radius 1 is 1.29 bits per heavy atom. The molecule has 0 aliphatic heterocycles. The van der Waals surface area contributed by atoms with Crippen molar-refractivity contribution in [2.45, 2.75) is 26.2 Å². The maximum absolute atomic E-state index is 6.14. The van der Waals surface area contributed by atoms with Crippen LogP contribution in [0, 0.1) is 0 Å². The lowest BCUT2D eigenvalue weighted by atomic mass is 10.0. The van der Waals surface area contributed by atoms with Gasteiger partial charge in [0, 0.05) is 11.8 Å². The number of hydrogen-bond acceptors (Lipinski definition) is 4. The number of anilines is 1. The van der Waals surface area contributed by atoms with Crippen LogP contribution < -0.4 is 10.5 Å². The topological polar surface area (TPSA) is 61.0 Å². The van der Waals surface area contributed by atoms with E-state index in [4.69, 9.17) is 33.7 Å². The lowest BCUT2D eigenvalue weighted by molar-refractivity contribution is 0.450. The predicted octanol–water partition coefficient (Wildman–Crippen LogP) is 5.43. The average molecular weight is 391 g/mol. The molecule has 1 unspecified atom stereocenters. The molecule has 1 atom stereocenters. The molecule has 0 aliphatic carbocycles. The van der Waals surface area contributed by atoms with Crippen LogP contribution in [0.4, 0.5) is 5.69 Å². The fourth-order valence-electron chi connectivity index (χ4n) is 1.77. The summed E-state index contributed by atoms with van der Waals surface area (Å²) in [5, 5.41) is 8.65. The number of halogens is 3. The minimum atomic E-state index is 0.265. The summed E-state index contributed by atoms with van der Waals surface area (Å²) in [6.45, 7) is 4.15. The van der Waals surface area contributed by atoms with Gasteiger partial charge >= 0.3 is 0 Å². The third-order valence-corrected chi connectivity index (χ3v) is 4.29. The van der Waals surface area contributed by atoms with Gasteiger partial charge in [0.2, 0.25) is 5.88 Å². The molecule has 0 radical (unpaired) electrons. The van der Waals surface area contributed by atoms with E-state index in [0.717, 1.165) is 12.0 Å². The van der Waals surface area contributed by atoms with Crippen molar-refractivity contribution in [1.29, 1.82) is 0 Å². The van der Waals surface area contributed by atoms with Crippen molar-refractivity contribution in [2.75, 3.05) is 5.73 Å². The lowest BCUT2D eigenvalue weighted by Gasteiger charge is -2.13. The van der Waals surface area contributed by atoms with Gasteiger partial charge in [0.05, 0.1) is 9.50 Å². The molecular weight excluding hydrogens is 377 g/mol. The third kappa shape index (κ3) is 3.78. The van der Waals surface area contributed by atoms with E-state index in [1.165, 1.54) is 0 Å². The van der Waals surface area contributed by atoms with Crippen LogP contribution in [0.5, 0.6) is 11.6 Å². The molecule has 1 aromatic carbocycles. The summed E-state index contributed by atoms with van der Waals surface area (Å²) in [5.74, 6) is 1.04. The molecule has 0 fully saturated rings. The van der Waals surface area contributed by atoms with Gasteiger partial charge in [-0.05, 0) is 46.0 Å². The van der Waals surface area contributed by atoms with Crippen LogP contribution in [0.15, 0.2) is 22.7 Å². The van der Waals surface area contributed by atoms with Gasteiger partial charge in [-0.2, -0.15) is 0 Å². The first kappa shape index (κ1) is 16.3. The van der Waals surface area contributed by atoms with Gasteiger partial charge in [-0.15, -0.1) is 10.2 Å². The Balaban J connectivity index is 2.37. The zero-order valence-electron chi connectivity index (χ0n) is 11.5. The highest BCUT2D eigenvalue weighted by Gasteiger charge is 2.15. The van der Waals surface area contributed by atoms with E-state index in [1.54, 1.807) is 18.2 Å². The Labute approximate surface area is 141 Å². The van der Waals surface area contributed by atoms with E-state index in [2.05, 4.69) is 40.0 Å². The second-order valence-corrected chi connectivity index (χ2v) is 6.27. The predicted molar refractivity (Wildman–Crippen MR) is 89.4 cm³/mol. The number of benzene rings is 1. The molecule has 2 N–H and O–H groups in total. The Morgan fingerprint density at radius 2 is 2.00 bits per heavy atom. The van der Waals surface area contributed by atoms with E-state index in [0.29, 0.717) is 32.0 Å². The molecule has 4 nitrogen and oxygen atoms in total. The van der Waals surface area contributed by atoms with Crippen molar-refractivity contribution in [1.82, 2.24) is 10.2 Å². The fourth-order valence-corrected chi connectivity index (χ4v) is 2.99. The Hall–Kier alpha value is -1.04. The third-order valence-electron chi connectivity index (χ3n) is 3.12. The van der Waals surface area contributed by atoms with Gasteiger partial charge in [0.25, 0.3) is 0 Å². The first-order valence-corrected chi connectivity index (χ1v) is 7.92. The summed E-state index contributed by atoms with van der Waals surface area (Å²) in [7, 11) is 0. The van der Waals surface area contributed by atoms with E-state index in [-0.39, 0.29) is 5.92 Å². The molecule has 2 aromatic rings. The summed E-state index contributed by atoms with van der Waals surface area (Å²) in [6.07, 6.45) is 0.942. The number of ether oxygens (including phenoxy) is 1. The van der Waals surface area contributed by atoms with Crippen LogP contribution in [0.2, 0.25) is 10.2 Å². The summed E-state index contributed by atoms with van der Waals surface area (Å²) in [6, 6.07) is 5.10. The van der Waals surface area contributed by atoms with E-state index in [1.807, 2.05) is 0 Å². The summed E-state index contributed by atoms with van der Waals surface area (Å²) in [4.78, 5) is 0. The Kier molecular flexibility index (Phi) is 5.30. The molecule has 0 aliphatic rings. The highest BCUT2D eigenvalue weighted by Crippen LogP contribution is 2.38. The van der Waals surface area contributed by atoms with Crippen molar-refractivity contribution < 1.29 is 4.74 Å². The van der Waals surface area contributed by atoms with Crippen molar-refractivity contribution in [3.8, 4) is 11.6 Å². The van der Waals surface area contributed by atoms with Crippen molar-refractivity contribution in [2.24, 2.45) is 0 Å². The first-order chi connectivity index (χ1) is 9.92. The number of aromatic nitrogens is 2. The molecular formula is C14H14BrCl2N3O. The van der Waals surface area contributed by atoms with Gasteiger partial charge in [-0.25, -0.2) is 0 Å². The maximum Gasteiger partial charge on any atom is 0.239 e. The minimum absolute atomic E-state index is 0.265. The van der Waals surface area contributed by atoms with Crippen LogP contribution in [0.25, 0.3) is 0 Å². The molecule has 2 rings (SSSR count). The Bertz CT molecular complexity index is 644. The van der Waals surface area contributed by atoms with E-state index < -0.39 is 0 Å². The van der Waals surface area contributed by atoms with Crippen LogP contribution >= 0.6 is 39.1 Å². The quantitative estimate of drug-likeness (QED) is 0.706. The molecule has 21 heavy (non-hydrogen) atoms. The number of rotatable bonds is 4. The van der Waals surface area contributed by atoms with Gasteiger partial charge < -0.3 is 10.5 Å². The highest BCUT2D eigenvalue weighted by molar-refractivity contribution is 9.10. The fraction of sp³-hybridized carbons (Fsp3) is 0.286. The zero-order chi connectivity index (χ0) is 15.6. The highest BCUT2D eigenvalue weighted by atomic mass is 79.9. The first-order valence-electron chi connectivity index (χ1n) is 6.37. The molecule has 0 saturated carbocycles. The maximum atomic E-state index is 6.14. The average Bonchev–Trinajstić information content (AvgIpc) is 2.43. The molecule has 1 heterocycles. The number of nitrogen functional groups attached to an aromatic ring is 1. The van der Waals surface area contributed by atoms with Crippen molar-refractivity contribution in [3.05, 3.63) is 38.4 Å². The van der Waals surface area contributed by atoms with Crippen molar-refractivity contribution in [3.63, 3.8) is 0 Å². The SMILES string of the molecule is CCC(C)c1cc(Oc2c(Cl)cc(N)cc2Br)nnc1Cl. The monoisotopic (exact) mass is 389 g/mol. The largest absolute Gasteiger partial charge is 0.435 e. The van der Waals surface area contributed by atoms with Gasteiger partial charge in [-0.1, -0.05) is 37.0 Å². The van der Waals surface area contributed by atoms with Crippen LogP contribution in [-0.2, 0) is 0 Å². The summed E-state index contributed by atoms with van der Waals surface area (Å²) in [5.41, 5.74) is 7.15. The minimum Gasteiger partial charge on any atom is -0.435 e. The lowest BCUT2D eigenvalue weighted by Crippen LogP contribution is -2.00. The van der Waals surface area contributed by atoms with Crippen LogP contribution in [-0.4, -0.2) is 10.2 Å². The van der Waals surface area contributed by atoms with Crippen LogP contribution in [0.1, 0.15) is 31.7 Å². The van der Waals surface area contributed by atoms with Gasteiger partial charge in [-0.3, -0.25) is 0 Å². The van der Waals surface area contributed by atoms with E-state index >= 15 is 0 Å². The van der Waals surface area contributed by atoms with Crippen LogP contribution in [0.3, 0.4) is 0 Å². The second-order valence-electron chi connectivity index (χ2n) is 4.65. The number of hydrogen-bond donors (Lipinski definition) is 1. The molecule has 112 valence electrons. The Morgan fingerprint density at radius 3 is 2.62 bits per heavy atom. The molecule has 1 aromatic heterocycles. The number of nitrogens with two attached hydrogens (primary N) is 1. The molecule has 7 heteroatoms. The molecule has 0 bridgehead atoms. The van der Waals surface area contributed by atoms with Gasteiger partial charge in [0.1, 0.15) is 0 Å².